The first kappa shape index (κ1) is 17.7. The third kappa shape index (κ3) is 5.90. The Morgan fingerprint density at radius 1 is 0.952 bits per heavy atom. The first-order valence-electron chi connectivity index (χ1n) is 8.33. The molecule has 0 radical (unpaired) electrons. The minimum absolute atomic E-state index is 0.650. The van der Waals surface area contributed by atoms with Gasteiger partial charge in [0.25, 0.3) is 0 Å². The Labute approximate surface area is 130 Å². The molecule has 4 heteroatoms. The van der Waals surface area contributed by atoms with Crippen LogP contribution in [0, 0.1) is 17.8 Å². The van der Waals surface area contributed by atoms with Gasteiger partial charge in [0.15, 0.2) is 0 Å². The Bertz CT molecular complexity index is 407. The van der Waals surface area contributed by atoms with Gasteiger partial charge in [-0.3, -0.25) is 0 Å². The van der Waals surface area contributed by atoms with Gasteiger partial charge in [0.2, 0.25) is 0 Å². The third-order valence-corrected chi connectivity index (χ3v) is 3.88. The molecule has 1 heterocycles. The van der Waals surface area contributed by atoms with E-state index in [9.17, 15) is 0 Å². The molecular formula is C17H32N4. The van der Waals surface area contributed by atoms with Gasteiger partial charge >= 0.3 is 0 Å². The first-order valence-corrected chi connectivity index (χ1v) is 8.33. The molecule has 1 rings (SSSR count). The fraction of sp³-hybridized carbons (Fsp3) is 0.765. The van der Waals surface area contributed by atoms with Crippen LogP contribution in [0.15, 0.2) is 6.07 Å². The van der Waals surface area contributed by atoms with Crippen LogP contribution in [0.5, 0.6) is 0 Å². The molecule has 0 aliphatic heterocycles. The molecule has 0 aliphatic carbocycles. The molecule has 0 saturated heterocycles. The van der Waals surface area contributed by atoms with Gasteiger partial charge in [0.1, 0.15) is 17.5 Å². The Balaban J connectivity index is 2.76. The van der Waals surface area contributed by atoms with E-state index < -0.39 is 0 Å². The van der Waals surface area contributed by atoms with Gasteiger partial charge < -0.3 is 10.6 Å². The lowest BCUT2D eigenvalue weighted by molar-refractivity contribution is 0.304. The maximum Gasteiger partial charge on any atom is 0.132 e. The lowest BCUT2D eigenvalue weighted by atomic mass is 9.85. The molecule has 0 aliphatic rings. The summed E-state index contributed by atoms with van der Waals surface area (Å²) >= 11 is 0. The summed E-state index contributed by atoms with van der Waals surface area (Å²) in [5.41, 5.74) is 0. The Kier molecular flexibility index (Phi) is 7.48. The van der Waals surface area contributed by atoms with Crippen LogP contribution in [-0.4, -0.2) is 23.1 Å². The summed E-state index contributed by atoms with van der Waals surface area (Å²) in [7, 11) is 0. The zero-order valence-corrected chi connectivity index (χ0v) is 14.5. The van der Waals surface area contributed by atoms with Crippen LogP contribution in [0.4, 0.5) is 11.6 Å². The monoisotopic (exact) mass is 292 g/mol. The lowest BCUT2D eigenvalue weighted by Gasteiger charge is -2.25. The van der Waals surface area contributed by atoms with Crippen molar-refractivity contribution in [1.82, 2.24) is 9.97 Å². The van der Waals surface area contributed by atoms with Crippen LogP contribution in [-0.2, 0) is 6.42 Å². The fourth-order valence-corrected chi connectivity index (χ4v) is 2.55. The molecule has 0 unspecified atom stereocenters. The number of rotatable bonds is 9. The van der Waals surface area contributed by atoms with E-state index in [-0.39, 0.29) is 0 Å². The van der Waals surface area contributed by atoms with E-state index in [2.05, 4.69) is 62.1 Å². The van der Waals surface area contributed by atoms with Crippen molar-refractivity contribution in [2.45, 2.75) is 54.4 Å². The summed E-state index contributed by atoms with van der Waals surface area (Å²) in [6.07, 6.45) is 1.95. The quantitative estimate of drug-likeness (QED) is 0.716. The highest BCUT2D eigenvalue weighted by atomic mass is 15.1. The van der Waals surface area contributed by atoms with Crippen molar-refractivity contribution < 1.29 is 0 Å². The third-order valence-electron chi connectivity index (χ3n) is 3.88. The number of hydrogen-bond donors (Lipinski definition) is 2. The van der Waals surface area contributed by atoms with Gasteiger partial charge in [0, 0.05) is 25.6 Å². The van der Waals surface area contributed by atoms with E-state index in [1.54, 1.807) is 0 Å². The van der Waals surface area contributed by atoms with Crippen LogP contribution >= 0.6 is 0 Å². The number of nitrogens with one attached hydrogen (secondary N) is 2. The SMILES string of the molecule is CCCNc1cc(NCC(C(C)C)C(C)C)nc(CC)n1. The summed E-state index contributed by atoms with van der Waals surface area (Å²) in [4.78, 5) is 9.11. The fourth-order valence-electron chi connectivity index (χ4n) is 2.55. The van der Waals surface area contributed by atoms with Gasteiger partial charge in [-0.2, -0.15) is 0 Å². The topological polar surface area (TPSA) is 49.8 Å². The van der Waals surface area contributed by atoms with E-state index in [0.717, 1.165) is 43.4 Å². The van der Waals surface area contributed by atoms with Crippen molar-refractivity contribution in [3.8, 4) is 0 Å². The highest BCUT2D eigenvalue weighted by molar-refractivity contribution is 5.47. The van der Waals surface area contributed by atoms with E-state index in [0.29, 0.717) is 17.8 Å². The minimum Gasteiger partial charge on any atom is -0.370 e. The van der Waals surface area contributed by atoms with Gasteiger partial charge in [0.05, 0.1) is 0 Å². The second-order valence-corrected chi connectivity index (χ2v) is 6.37. The van der Waals surface area contributed by atoms with Crippen molar-refractivity contribution in [1.29, 1.82) is 0 Å². The zero-order valence-electron chi connectivity index (χ0n) is 14.5. The van der Waals surface area contributed by atoms with Crippen molar-refractivity contribution in [3.05, 3.63) is 11.9 Å². The summed E-state index contributed by atoms with van der Waals surface area (Å²) < 4.78 is 0. The average molecular weight is 292 g/mol. The van der Waals surface area contributed by atoms with Crippen LogP contribution < -0.4 is 10.6 Å². The van der Waals surface area contributed by atoms with Crippen molar-refractivity contribution in [3.63, 3.8) is 0 Å². The molecule has 0 spiro atoms. The van der Waals surface area contributed by atoms with E-state index >= 15 is 0 Å². The molecule has 0 bridgehead atoms. The molecule has 0 atom stereocenters. The van der Waals surface area contributed by atoms with Crippen molar-refractivity contribution in [2.75, 3.05) is 23.7 Å². The molecule has 0 saturated carbocycles. The van der Waals surface area contributed by atoms with Crippen LogP contribution in [0.1, 0.15) is 53.8 Å². The second kappa shape index (κ2) is 8.85. The van der Waals surface area contributed by atoms with Gasteiger partial charge in [-0.1, -0.05) is 41.5 Å². The number of aromatic nitrogens is 2. The number of hydrogen-bond acceptors (Lipinski definition) is 4. The highest BCUT2D eigenvalue weighted by Crippen LogP contribution is 2.21. The average Bonchev–Trinajstić information content (AvgIpc) is 2.44. The molecule has 1 aromatic heterocycles. The first-order chi connectivity index (χ1) is 9.97. The van der Waals surface area contributed by atoms with Gasteiger partial charge in [-0.15, -0.1) is 0 Å². The highest BCUT2D eigenvalue weighted by Gasteiger charge is 2.17. The lowest BCUT2D eigenvalue weighted by Crippen LogP contribution is -2.25. The maximum atomic E-state index is 4.59. The molecular weight excluding hydrogens is 260 g/mol. The molecule has 0 aromatic carbocycles. The molecule has 2 N–H and O–H groups in total. The summed E-state index contributed by atoms with van der Waals surface area (Å²) in [5, 5.41) is 6.86. The predicted octanol–water partition coefficient (Wildman–Crippen LogP) is 4.20. The maximum absolute atomic E-state index is 4.59. The normalized spacial score (nSPS) is 11.5. The molecule has 120 valence electrons. The molecule has 21 heavy (non-hydrogen) atoms. The van der Waals surface area contributed by atoms with E-state index in [4.69, 9.17) is 0 Å². The van der Waals surface area contributed by atoms with E-state index in [1.165, 1.54) is 0 Å². The molecule has 0 fully saturated rings. The van der Waals surface area contributed by atoms with Gasteiger partial charge in [-0.05, 0) is 24.2 Å². The molecule has 0 amide bonds. The second-order valence-electron chi connectivity index (χ2n) is 6.37. The standard InChI is InChI=1S/C17H32N4/c1-7-9-18-16-10-17(21-15(8-2)20-16)19-11-14(12(3)4)13(5)6/h10,12-14H,7-9,11H2,1-6H3,(H2,18,19,20,21). The number of nitrogens with zero attached hydrogens (tertiary/aromatic N) is 2. The molecule has 4 nitrogen and oxygen atoms in total. The van der Waals surface area contributed by atoms with Crippen molar-refractivity contribution >= 4 is 11.6 Å². The minimum atomic E-state index is 0.650. The largest absolute Gasteiger partial charge is 0.370 e. The van der Waals surface area contributed by atoms with Crippen LogP contribution in [0.25, 0.3) is 0 Å². The van der Waals surface area contributed by atoms with E-state index in [1.807, 2.05) is 6.07 Å². The zero-order chi connectivity index (χ0) is 15.8. The van der Waals surface area contributed by atoms with Gasteiger partial charge in [-0.25, -0.2) is 9.97 Å². The smallest absolute Gasteiger partial charge is 0.132 e. The summed E-state index contributed by atoms with van der Waals surface area (Å²) in [5.74, 6) is 4.75. The van der Waals surface area contributed by atoms with Crippen molar-refractivity contribution in [2.24, 2.45) is 17.8 Å². The Morgan fingerprint density at radius 3 is 2.00 bits per heavy atom. The number of aryl methyl sites for hydroxylation is 1. The van der Waals surface area contributed by atoms with Crippen LogP contribution in [0.2, 0.25) is 0 Å². The van der Waals surface area contributed by atoms with Crippen LogP contribution in [0.3, 0.4) is 0 Å². The number of anilines is 2. The summed E-state index contributed by atoms with van der Waals surface area (Å²) in [6, 6.07) is 2.02. The predicted molar refractivity (Wildman–Crippen MR) is 91.8 cm³/mol. The molecule has 1 aromatic rings. The Hall–Kier alpha value is -1.32. The Morgan fingerprint density at radius 2 is 1.52 bits per heavy atom. The summed E-state index contributed by atoms with van der Waals surface area (Å²) in [6.45, 7) is 15.3.